The van der Waals surface area contributed by atoms with Gasteiger partial charge in [0, 0.05) is 11.6 Å². The fraction of sp³-hybridized carbons (Fsp3) is 0.0476. The van der Waals surface area contributed by atoms with Crippen LogP contribution in [-0.2, 0) is 4.79 Å². The molecule has 0 spiro atoms. The third-order valence-corrected chi connectivity index (χ3v) is 3.71. The van der Waals surface area contributed by atoms with Gasteiger partial charge in [-0.05, 0) is 48.4 Å². The Bertz CT molecular complexity index is 925. The van der Waals surface area contributed by atoms with Crippen molar-refractivity contribution in [2.24, 2.45) is 0 Å². The molecular weight excluding hydrogens is 328 g/mol. The van der Waals surface area contributed by atoms with E-state index in [1.54, 1.807) is 24.3 Å². The van der Waals surface area contributed by atoms with Gasteiger partial charge in [-0.15, -0.1) is 0 Å². The second kappa shape index (κ2) is 7.98. The molecule has 0 aliphatic rings. The Balaban J connectivity index is 1.54. The predicted molar refractivity (Wildman–Crippen MR) is 100.0 cm³/mol. The maximum absolute atomic E-state index is 12.1. The topological polar surface area (TPSA) is 71.3 Å². The van der Waals surface area contributed by atoms with Crippen LogP contribution in [0.4, 0.5) is 0 Å². The molecule has 2 N–H and O–H groups in total. The quantitative estimate of drug-likeness (QED) is 0.558. The normalized spacial score (nSPS) is 10.7. The highest BCUT2D eigenvalue weighted by Gasteiger charge is 2.06. The van der Waals surface area contributed by atoms with Crippen LogP contribution in [0.15, 0.2) is 77.2 Å². The standard InChI is InChI=1S/C21H18N2O3/c1-15-7-12-19(26-15)13-14-20(24)22-23-21(25)18-10-8-17(9-11-18)16-5-3-2-4-6-16/h2-14H,1H3,(H,22,24)(H,23,25). The molecule has 130 valence electrons. The van der Waals surface area contributed by atoms with Crippen LogP contribution in [0, 0.1) is 6.92 Å². The summed E-state index contributed by atoms with van der Waals surface area (Å²) in [5, 5.41) is 0. The molecule has 0 saturated heterocycles. The number of hydrazine groups is 1. The molecule has 3 aromatic rings. The first-order valence-corrected chi connectivity index (χ1v) is 8.12. The average molecular weight is 346 g/mol. The number of hydrogen-bond acceptors (Lipinski definition) is 3. The molecule has 5 heteroatoms. The van der Waals surface area contributed by atoms with Crippen molar-refractivity contribution in [2.75, 3.05) is 0 Å². The van der Waals surface area contributed by atoms with E-state index in [1.807, 2.05) is 49.4 Å². The highest BCUT2D eigenvalue weighted by molar-refractivity contribution is 5.98. The number of nitrogens with one attached hydrogen (secondary N) is 2. The van der Waals surface area contributed by atoms with Crippen molar-refractivity contribution in [1.29, 1.82) is 0 Å². The molecule has 1 aromatic heterocycles. The first-order chi connectivity index (χ1) is 12.6. The molecule has 0 fully saturated rings. The van der Waals surface area contributed by atoms with Crippen LogP contribution in [0.5, 0.6) is 0 Å². The van der Waals surface area contributed by atoms with E-state index < -0.39 is 5.91 Å². The molecule has 3 rings (SSSR count). The largest absolute Gasteiger partial charge is 0.462 e. The average Bonchev–Trinajstić information content (AvgIpc) is 3.10. The van der Waals surface area contributed by atoms with Crippen LogP contribution in [0.25, 0.3) is 17.2 Å². The van der Waals surface area contributed by atoms with Gasteiger partial charge in [0.05, 0.1) is 0 Å². The van der Waals surface area contributed by atoms with E-state index in [0.29, 0.717) is 11.3 Å². The molecule has 5 nitrogen and oxygen atoms in total. The van der Waals surface area contributed by atoms with E-state index in [1.165, 1.54) is 12.2 Å². The van der Waals surface area contributed by atoms with Crippen LogP contribution in [0.1, 0.15) is 21.9 Å². The first-order valence-electron chi connectivity index (χ1n) is 8.12. The molecule has 2 amide bonds. The lowest BCUT2D eigenvalue weighted by atomic mass is 10.0. The molecule has 0 aliphatic heterocycles. The highest BCUT2D eigenvalue weighted by Crippen LogP contribution is 2.19. The number of benzene rings is 2. The lowest BCUT2D eigenvalue weighted by molar-refractivity contribution is -0.117. The van der Waals surface area contributed by atoms with Gasteiger partial charge in [-0.25, -0.2) is 0 Å². The maximum atomic E-state index is 12.1. The second-order valence-corrected chi connectivity index (χ2v) is 5.67. The lowest BCUT2D eigenvalue weighted by Crippen LogP contribution is -2.40. The first kappa shape index (κ1) is 17.2. The summed E-state index contributed by atoms with van der Waals surface area (Å²) in [6, 6.07) is 20.6. The molecule has 0 bridgehead atoms. The van der Waals surface area contributed by atoms with Gasteiger partial charge in [0.2, 0.25) is 0 Å². The summed E-state index contributed by atoms with van der Waals surface area (Å²) in [6.45, 7) is 1.82. The van der Waals surface area contributed by atoms with E-state index in [9.17, 15) is 9.59 Å². The number of rotatable bonds is 4. The summed E-state index contributed by atoms with van der Waals surface area (Å²) < 4.78 is 5.32. The summed E-state index contributed by atoms with van der Waals surface area (Å²) in [5.41, 5.74) is 7.26. The second-order valence-electron chi connectivity index (χ2n) is 5.67. The summed E-state index contributed by atoms with van der Waals surface area (Å²) in [4.78, 5) is 23.8. The van der Waals surface area contributed by atoms with Crippen molar-refractivity contribution < 1.29 is 14.0 Å². The molecule has 0 atom stereocenters. The van der Waals surface area contributed by atoms with Gasteiger partial charge in [0.1, 0.15) is 11.5 Å². The zero-order valence-corrected chi connectivity index (χ0v) is 14.2. The van der Waals surface area contributed by atoms with Crippen molar-refractivity contribution in [3.8, 4) is 11.1 Å². The van der Waals surface area contributed by atoms with E-state index in [4.69, 9.17) is 4.42 Å². The summed E-state index contributed by atoms with van der Waals surface area (Å²) in [5.74, 6) is 0.492. The number of hydrogen-bond donors (Lipinski definition) is 2. The monoisotopic (exact) mass is 346 g/mol. The van der Waals surface area contributed by atoms with E-state index in [-0.39, 0.29) is 5.91 Å². The fourth-order valence-corrected chi connectivity index (χ4v) is 2.38. The lowest BCUT2D eigenvalue weighted by Gasteiger charge is -2.06. The molecule has 0 unspecified atom stereocenters. The SMILES string of the molecule is Cc1ccc(C=CC(=O)NNC(=O)c2ccc(-c3ccccc3)cc2)o1. The molecule has 0 saturated carbocycles. The van der Waals surface area contributed by atoms with Gasteiger partial charge in [-0.2, -0.15) is 0 Å². The Labute approximate surface area is 151 Å². The number of furan rings is 1. The summed E-state index contributed by atoms with van der Waals surface area (Å²) in [6.07, 6.45) is 2.82. The van der Waals surface area contributed by atoms with Gasteiger partial charge < -0.3 is 4.42 Å². The van der Waals surface area contributed by atoms with Gasteiger partial charge in [0.15, 0.2) is 0 Å². The Morgan fingerprint density at radius 3 is 2.19 bits per heavy atom. The number of amides is 2. The van der Waals surface area contributed by atoms with Crippen LogP contribution in [0.2, 0.25) is 0 Å². The fourth-order valence-electron chi connectivity index (χ4n) is 2.38. The van der Waals surface area contributed by atoms with Gasteiger partial charge in [-0.1, -0.05) is 42.5 Å². The van der Waals surface area contributed by atoms with Crippen LogP contribution in [0.3, 0.4) is 0 Å². The summed E-state index contributed by atoms with van der Waals surface area (Å²) >= 11 is 0. The van der Waals surface area contributed by atoms with Gasteiger partial charge >= 0.3 is 0 Å². The third-order valence-electron chi connectivity index (χ3n) is 3.71. The van der Waals surface area contributed by atoms with Crippen molar-refractivity contribution in [1.82, 2.24) is 10.9 Å². The molecule has 0 radical (unpaired) electrons. The minimum Gasteiger partial charge on any atom is -0.462 e. The van der Waals surface area contributed by atoms with Crippen molar-refractivity contribution >= 4 is 17.9 Å². The van der Waals surface area contributed by atoms with E-state index >= 15 is 0 Å². The zero-order valence-electron chi connectivity index (χ0n) is 14.2. The minimum atomic E-state index is -0.451. The van der Waals surface area contributed by atoms with Crippen LogP contribution >= 0.6 is 0 Å². The smallest absolute Gasteiger partial charge is 0.269 e. The Morgan fingerprint density at radius 2 is 1.54 bits per heavy atom. The summed E-state index contributed by atoms with van der Waals surface area (Å²) in [7, 11) is 0. The van der Waals surface area contributed by atoms with E-state index in [0.717, 1.165) is 16.9 Å². The number of carbonyl (C=O) groups is 2. The Morgan fingerprint density at radius 1 is 0.846 bits per heavy atom. The van der Waals surface area contributed by atoms with Crippen LogP contribution in [-0.4, -0.2) is 11.8 Å². The van der Waals surface area contributed by atoms with Crippen molar-refractivity contribution in [3.63, 3.8) is 0 Å². The predicted octanol–water partition coefficient (Wildman–Crippen LogP) is 3.73. The van der Waals surface area contributed by atoms with Crippen molar-refractivity contribution in [2.45, 2.75) is 6.92 Å². The Hall–Kier alpha value is -3.60. The molecule has 0 aliphatic carbocycles. The van der Waals surface area contributed by atoms with E-state index in [2.05, 4.69) is 10.9 Å². The number of carbonyl (C=O) groups excluding carboxylic acids is 2. The van der Waals surface area contributed by atoms with Crippen molar-refractivity contribution in [3.05, 3.63) is 89.9 Å². The number of aryl methyl sites for hydroxylation is 1. The van der Waals surface area contributed by atoms with Crippen LogP contribution < -0.4 is 10.9 Å². The molecule has 1 heterocycles. The minimum absolute atomic E-state index is 0.389. The Kier molecular flexibility index (Phi) is 5.29. The highest BCUT2D eigenvalue weighted by atomic mass is 16.3. The maximum Gasteiger partial charge on any atom is 0.269 e. The molecule has 26 heavy (non-hydrogen) atoms. The third kappa shape index (κ3) is 4.48. The molecular formula is C21H18N2O3. The molecule has 2 aromatic carbocycles. The van der Waals surface area contributed by atoms with Gasteiger partial charge in [-0.3, -0.25) is 20.4 Å². The van der Waals surface area contributed by atoms with Gasteiger partial charge in [0.25, 0.3) is 11.8 Å². The zero-order chi connectivity index (χ0) is 18.4.